The van der Waals surface area contributed by atoms with Crippen LogP contribution in [0.4, 0.5) is 0 Å². The number of methoxy groups -OCH3 is 1. The van der Waals surface area contributed by atoms with E-state index < -0.39 is 10.0 Å². The lowest BCUT2D eigenvalue weighted by atomic mass is 10.2. The van der Waals surface area contributed by atoms with Crippen molar-refractivity contribution in [2.24, 2.45) is 4.40 Å². The SMILES string of the molecule is C=CCN1C(=O)/C(=C/c2ccc(OC)cc2)SC1=NS(=O)(=O)c1ccccc1. The quantitative estimate of drug-likeness (QED) is 0.534. The summed E-state index contributed by atoms with van der Waals surface area (Å²) in [7, 11) is -2.35. The Hall–Kier alpha value is -2.84. The van der Waals surface area contributed by atoms with E-state index in [1.54, 1.807) is 43.5 Å². The van der Waals surface area contributed by atoms with Crippen LogP contribution in [0.15, 0.2) is 81.5 Å². The summed E-state index contributed by atoms with van der Waals surface area (Å²) in [5.74, 6) is 0.389. The van der Waals surface area contributed by atoms with Crippen LogP contribution in [0.5, 0.6) is 5.75 Å². The van der Waals surface area contributed by atoms with Gasteiger partial charge in [-0.2, -0.15) is 8.42 Å². The van der Waals surface area contributed by atoms with E-state index in [-0.39, 0.29) is 22.5 Å². The first kappa shape index (κ1) is 19.9. The fourth-order valence-electron chi connectivity index (χ4n) is 2.47. The molecule has 0 saturated carbocycles. The molecular weight excluding hydrogens is 396 g/mol. The van der Waals surface area contributed by atoms with Gasteiger partial charge in [-0.25, -0.2) is 0 Å². The van der Waals surface area contributed by atoms with Crippen LogP contribution in [0.25, 0.3) is 6.08 Å². The van der Waals surface area contributed by atoms with Crippen molar-refractivity contribution in [3.63, 3.8) is 0 Å². The van der Waals surface area contributed by atoms with Crippen molar-refractivity contribution in [1.82, 2.24) is 4.90 Å². The zero-order valence-corrected chi connectivity index (χ0v) is 16.7. The first-order chi connectivity index (χ1) is 13.4. The lowest BCUT2D eigenvalue weighted by Crippen LogP contribution is -2.29. The fraction of sp³-hybridized carbons (Fsp3) is 0.100. The molecule has 1 aliphatic rings. The topological polar surface area (TPSA) is 76.0 Å². The third-order valence-corrected chi connectivity index (χ3v) is 6.26. The average Bonchev–Trinajstić information content (AvgIpc) is 2.98. The van der Waals surface area contributed by atoms with Crippen LogP contribution in [-0.4, -0.2) is 38.0 Å². The van der Waals surface area contributed by atoms with Crippen LogP contribution in [-0.2, 0) is 14.8 Å². The van der Waals surface area contributed by atoms with Crippen molar-refractivity contribution in [1.29, 1.82) is 0 Å². The summed E-state index contributed by atoms with van der Waals surface area (Å²) < 4.78 is 34.2. The first-order valence-corrected chi connectivity index (χ1v) is 10.6. The van der Waals surface area contributed by atoms with Gasteiger partial charge in [-0.3, -0.25) is 9.69 Å². The predicted octanol–water partition coefficient (Wildman–Crippen LogP) is 3.54. The number of nitrogens with zero attached hydrogens (tertiary/aromatic N) is 2. The molecule has 0 spiro atoms. The van der Waals surface area contributed by atoms with Crippen molar-refractivity contribution in [2.45, 2.75) is 4.90 Å². The molecule has 1 amide bonds. The highest BCUT2D eigenvalue weighted by molar-refractivity contribution is 8.19. The second-order valence-corrected chi connectivity index (χ2v) is 8.36. The van der Waals surface area contributed by atoms with Crippen LogP contribution in [0.1, 0.15) is 5.56 Å². The van der Waals surface area contributed by atoms with E-state index in [0.717, 1.165) is 17.3 Å². The third kappa shape index (κ3) is 4.35. The molecule has 2 aromatic carbocycles. The van der Waals surface area contributed by atoms with E-state index >= 15 is 0 Å². The fourth-order valence-corrected chi connectivity index (χ4v) is 4.68. The molecule has 1 saturated heterocycles. The highest BCUT2D eigenvalue weighted by Gasteiger charge is 2.34. The molecule has 2 aromatic rings. The minimum absolute atomic E-state index is 0.0710. The van der Waals surface area contributed by atoms with Gasteiger partial charge in [0.1, 0.15) is 5.75 Å². The van der Waals surface area contributed by atoms with E-state index in [9.17, 15) is 13.2 Å². The van der Waals surface area contributed by atoms with Gasteiger partial charge in [0.2, 0.25) is 0 Å². The van der Waals surface area contributed by atoms with Crippen molar-refractivity contribution < 1.29 is 17.9 Å². The van der Waals surface area contributed by atoms with E-state index in [4.69, 9.17) is 4.74 Å². The van der Waals surface area contributed by atoms with Gasteiger partial charge in [0.15, 0.2) is 5.17 Å². The molecule has 1 aliphatic heterocycles. The number of sulfonamides is 1. The summed E-state index contributed by atoms with van der Waals surface area (Å²) in [6.07, 6.45) is 3.22. The summed E-state index contributed by atoms with van der Waals surface area (Å²) in [5, 5.41) is 0.105. The number of amides is 1. The van der Waals surface area contributed by atoms with Gasteiger partial charge < -0.3 is 4.74 Å². The predicted molar refractivity (Wildman–Crippen MR) is 112 cm³/mol. The number of benzene rings is 2. The molecule has 0 aliphatic carbocycles. The Labute approximate surface area is 168 Å². The Bertz CT molecular complexity index is 1040. The smallest absolute Gasteiger partial charge is 0.284 e. The number of amidine groups is 1. The third-order valence-electron chi connectivity index (χ3n) is 3.85. The maximum Gasteiger partial charge on any atom is 0.284 e. The minimum Gasteiger partial charge on any atom is -0.497 e. The van der Waals surface area contributed by atoms with Gasteiger partial charge in [0.25, 0.3) is 15.9 Å². The number of hydrogen-bond acceptors (Lipinski definition) is 5. The van der Waals surface area contributed by atoms with Crippen LogP contribution >= 0.6 is 11.8 Å². The molecule has 1 heterocycles. The van der Waals surface area contributed by atoms with Gasteiger partial charge >= 0.3 is 0 Å². The van der Waals surface area contributed by atoms with Crippen molar-refractivity contribution in [3.05, 3.63) is 77.7 Å². The zero-order valence-electron chi connectivity index (χ0n) is 15.1. The number of hydrogen-bond donors (Lipinski definition) is 0. The van der Waals surface area contributed by atoms with E-state index in [0.29, 0.717) is 10.7 Å². The van der Waals surface area contributed by atoms with Crippen molar-refractivity contribution in [3.8, 4) is 5.75 Å². The Morgan fingerprint density at radius 1 is 1.14 bits per heavy atom. The standard InChI is InChI=1S/C20H18N2O4S2/c1-3-13-22-19(23)18(14-15-9-11-16(26-2)12-10-15)27-20(22)21-28(24,25)17-7-5-4-6-8-17/h3-12,14H,1,13H2,2H3/b18-14-,21-20?. The number of thioether (sulfide) groups is 1. The number of rotatable bonds is 6. The van der Waals surface area contributed by atoms with Gasteiger partial charge in [-0.1, -0.05) is 36.4 Å². The Kier molecular flexibility index (Phi) is 6.01. The van der Waals surface area contributed by atoms with Crippen LogP contribution in [0, 0.1) is 0 Å². The normalized spacial score (nSPS) is 17.3. The Morgan fingerprint density at radius 2 is 1.82 bits per heavy atom. The van der Waals surface area contributed by atoms with Crippen molar-refractivity contribution in [2.75, 3.05) is 13.7 Å². The van der Waals surface area contributed by atoms with Crippen LogP contribution < -0.4 is 4.74 Å². The molecule has 144 valence electrons. The number of carbonyl (C=O) groups is 1. The maximum atomic E-state index is 12.7. The first-order valence-electron chi connectivity index (χ1n) is 8.31. The molecule has 0 N–H and O–H groups in total. The van der Waals surface area contributed by atoms with Crippen LogP contribution in [0.2, 0.25) is 0 Å². The molecule has 1 fully saturated rings. The molecule has 0 radical (unpaired) electrons. The largest absolute Gasteiger partial charge is 0.497 e. The van der Waals surface area contributed by atoms with E-state index in [1.165, 1.54) is 23.1 Å². The average molecular weight is 415 g/mol. The van der Waals surface area contributed by atoms with Gasteiger partial charge in [-0.05, 0) is 47.7 Å². The number of ether oxygens (including phenoxy) is 1. The molecule has 0 aromatic heterocycles. The molecule has 6 nitrogen and oxygen atoms in total. The van der Waals surface area contributed by atoms with Gasteiger partial charge in [-0.15, -0.1) is 11.0 Å². The minimum atomic E-state index is -3.93. The van der Waals surface area contributed by atoms with E-state index in [2.05, 4.69) is 11.0 Å². The molecule has 0 bridgehead atoms. The van der Waals surface area contributed by atoms with E-state index in [1.807, 2.05) is 12.1 Å². The Morgan fingerprint density at radius 3 is 2.43 bits per heavy atom. The summed E-state index contributed by atoms with van der Waals surface area (Å²) in [6, 6.07) is 15.1. The summed E-state index contributed by atoms with van der Waals surface area (Å²) in [6.45, 7) is 3.80. The molecule has 28 heavy (non-hydrogen) atoms. The summed E-state index contributed by atoms with van der Waals surface area (Å²) >= 11 is 1.02. The molecule has 3 rings (SSSR count). The molecular formula is C20H18N2O4S2. The lowest BCUT2D eigenvalue weighted by Gasteiger charge is -2.12. The molecule has 0 unspecified atom stereocenters. The molecule has 0 atom stereocenters. The van der Waals surface area contributed by atoms with Crippen LogP contribution in [0.3, 0.4) is 0 Å². The second kappa shape index (κ2) is 8.45. The maximum absolute atomic E-state index is 12.7. The van der Waals surface area contributed by atoms with Crippen molar-refractivity contribution >= 4 is 38.9 Å². The number of carbonyl (C=O) groups excluding carboxylic acids is 1. The highest BCUT2D eigenvalue weighted by Crippen LogP contribution is 2.33. The summed E-state index contributed by atoms with van der Waals surface area (Å²) in [4.78, 5) is 14.5. The van der Waals surface area contributed by atoms with Gasteiger partial charge in [0, 0.05) is 6.54 Å². The monoisotopic (exact) mass is 414 g/mol. The second-order valence-electron chi connectivity index (χ2n) is 5.75. The highest BCUT2D eigenvalue weighted by atomic mass is 32.2. The zero-order chi connectivity index (χ0) is 20.1. The Balaban J connectivity index is 1.96. The van der Waals surface area contributed by atoms with Gasteiger partial charge in [0.05, 0.1) is 16.9 Å². The lowest BCUT2D eigenvalue weighted by molar-refractivity contribution is -0.121. The molecule has 8 heteroatoms. The summed E-state index contributed by atoms with van der Waals surface area (Å²) in [5.41, 5.74) is 0.794.